The van der Waals surface area contributed by atoms with Gasteiger partial charge in [-0.3, -0.25) is 0 Å². The van der Waals surface area contributed by atoms with Crippen molar-refractivity contribution < 1.29 is 9.53 Å². The first kappa shape index (κ1) is 14.6. The third-order valence-corrected chi connectivity index (χ3v) is 3.57. The summed E-state index contributed by atoms with van der Waals surface area (Å²) in [5.74, 6) is 0. The second kappa shape index (κ2) is 5.67. The first-order valence-electron chi connectivity index (χ1n) is 7.27. The minimum atomic E-state index is -0.423. The average Bonchev–Trinajstić information content (AvgIpc) is 2.92. The molecule has 3 atom stereocenters. The highest BCUT2D eigenvalue weighted by Gasteiger charge is 2.40. The Morgan fingerprint density at radius 2 is 2.05 bits per heavy atom. The first-order chi connectivity index (χ1) is 8.83. The summed E-state index contributed by atoms with van der Waals surface area (Å²) in [6.45, 7) is 7.95. The zero-order chi connectivity index (χ0) is 14.0. The number of ether oxygens (including phenoxy) is 1. The van der Waals surface area contributed by atoms with Crippen LogP contribution < -0.4 is 10.6 Å². The van der Waals surface area contributed by atoms with Gasteiger partial charge in [-0.05, 0) is 53.6 Å². The van der Waals surface area contributed by atoms with E-state index in [4.69, 9.17) is 4.74 Å². The molecule has 1 amide bonds. The highest BCUT2D eigenvalue weighted by atomic mass is 16.6. The van der Waals surface area contributed by atoms with Crippen LogP contribution in [0.3, 0.4) is 0 Å². The van der Waals surface area contributed by atoms with Crippen LogP contribution in [0.4, 0.5) is 4.79 Å². The van der Waals surface area contributed by atoms with Crippen LogP contribution in [-0.4, -0.2) is 54.9 Å². The fourth-order valence-electron chi connectivity index (χ4n) is 2.60. The molecule has 5 nitrogen and oxygen atoms in total. The molecule has 3 unspecified atom stereocenters. The van der Waals surface area contributed by atoms with E-state index in [2.05, 4.69) is 22.6 Å². The Labute approximate surface area is 116 Å². The molecule has 0 spiro atoms. The third-order valence-electron chi connectivity index (χ3n) is 3.57. The Kier molecular flexibility index (Phi) is 4.36. The monoisotopic (exact) mass is 269 g/mol. The number of amides is 1. The summed E-state index contributed by atoms with van der Waals surface area (Å²) in [6, 6.07) is 1.22. The standard InChI is InChI=1S/C14H27N3O2/c1-14(2,3)19-13(18)16-12-8-11(12)15-10-6-5-7-17(4)9-10/h10-12,15H,5-9H2,1-4H3,(H,16,18). The Balaban J connectivity index is 1.66. The van der Waals surface area contributed by atoms with E-state index in [0.29, 0.717) is 12.1 Å². The smallest absolute Gasteiger partial charge is 0.407 e. The molecular weight excluding hydrogens is 242 g/mol. The van der Waals surface area contributed by atoms with Crippen molar-refractivity contribution >= 4 is 6.09 Å². The molecule has 0 bridgehead atoms. The van der Waals surface area contributed by atoms with Crippen molar-refractivity contribution in [3.05, 3.63) is 0 Å². The van der Waals surface area contributed by atoms with Gasteiger partial charge in [0, 0.05) is 24.7 Å². The number of hydrogen-bond acceptors (Lipinski definition) is 4. The number of piperidine rings is 1. The Bertz CT molecular complexity index is 327. The summed E-state index contributed by atoms with van der Waals surface area (Å²) in [5, 5.41) is 6.55. The van der Waals surface area contributed by atoms with Crippen molar-refractivity contribution in [2.75, 3.05) is 20.1 Å². The number of rotatable bonds is 3. The molecule has 1 saturated heterocycles. The molecule has 1 aliphatic heterocycles. The van der Waals surface area contributed by atoms with Gasteiger partial charge in [-0.1, -0.05) is 0 Å². The highest BCUT2D eigenvalue weighted by Crippen LogP contribution is 2.24. The summed E-state index contributed by atoms with van der Waals surface area (Å²) >= 11 is 0. The molecule has 19 heavy (non-hydrogen) atoms. The molecule has 2 aliphatic rings. The van der Waals surface area contributed by atoms with Crippen molar-refractivity contribution in [3.8, 4) is 0 Å². The van der Waals surface area contributed by atoms with Gasteiger partial charge >= 0.3 is 6.09 Å². The Hall–Kier alpha value is -0.810. The van der Waals surface area contributed by atoms with Crippen LogP contribution >= 0.6 is 0 Å². The van der Waals surface area contributed by atoms with E-state index in [1.54, 1.807) is 0 Å². The summed E-state index contributed by atoms with van der Waals surface area (Å²) in [4.78, 5) is 14.0. The third kappa shape index (κ3) is 4.99. The first-order valence-corrected chi connectivity index (χ1v) is 7.27. The van der Waals surface area contributed by atoms with Crippen molar-refractivity contribution in [2.24, 2.45) is 0 Å². The normalized spacial score (nSPS) is 31.9. The van der Waals surface area contributed by atoms with E-state index in [1.807, 2.05) is 20.8 Å². The molecule has 1 saturated carbocycles. The van der Waals surface area contributed by atoms with Gasteiger partial charge in [0.05, 0.1) is 0 Å². The molecular formula is C14H27N3O2. The summed E-state index contributed by atoms with van der Waals surface area (Å²) < 4.78 is 5.26. The molecule has 0 aromatic heterocycles. The van der Waals surface area contributed by atoms with Crippen LogP contribution in [0.15, 0.2) is 0 Å². The summed E-state index contributed by atoms with van der Waals surface area (Å²) in [7, 11) is 2.16. The predicted octanol–water partition coefficient (Wildman–Crippen LogP) is 1.34. The second-order valence-corrected chi connectivity index (χ2v) is 6.86. The van der Waals surface area contributed by atoms with Gasteiger partial charge < -0.3 is 20.3 Å². The Morgan fingerprint density at radius 3 is 2.68 bits per heavy atom. The minimum Gasteiger partial charge on any atom is -0.444 e. The van der Waals surface area contributed by atoms with Gasteiger partial charge in [0.15, 0.2) is 0 Å². The van der Waals surface area contributed by atoms with Crippen molar-refractivity contribution in [1.82, 2.24) is 15.5 Å². The zero-order valence-electron chi connectivity index (χ0n) is 12.5. The SMILES string of the molecule is CN1CCCC(NC2CC2NC(=O)OC(C)(C)C)C1. The number of carbonyl (C=O) groups is 1. The lowest BCUT2D eigenvalue weighted by atomic mass is 10.1. The van der Waals surface area contributed by atoms with Crippen molar-refractivity contribution in [2.45, 2.75) is 63.8 Å². The zero-order valence-corrected chi connectivity index (χ0v) is 12.5. The number of nitrogens with one attached hydrogen (secondary N) is 2. The van der Waals surface area contributed by atoms with Gasteiger partial charge in [0.25, 0.3) is 0 Å². The molecule has 1 heterocycles. The number of carbonyl (C=O) groups excluding carboxylic acids is 1. The number of likely N-dealkylation sites (tertiary alicyclic amines) is 1. The fraction of sp³-hybridized carbons (Fsp3) is 0.929. The molecule has 2 N–H and O–H groups in total. The maximum Gasteiger partial charge on any atom is 0.407 e. The van der Waals surface area contributed by atoms with E-state index in [9.17, 15) is 4.79 Å². The van der Waals surface area contributed by atoms with Crippen LogP contribution in [0.5, 0.6) is 0 Å². The quantitative estimate of drug-likeness (QED) is 0.812. The van der Waals surface area contributed by atoms with Crippen LogP contribution in [0.25, 0.3) is 0 Å². The van der Waals surface area contributed by atoms with Gasteiger partial charge in [-0.2, -0.15) is 0 Å². The van der Waals surface area contributed by atoms with E-state index in [-0.39, 0.29) is 12.1 Å². The van der Waals surface area contributed by atoms with E-state index in [1.165, 1.54) is 19.4 Å². The minimum absolute atomic E-state index is 0.238. The predicted molar refractivity (Wildman–Crippen MR) is 75.2 cm³/mol. The molecule has 0 aromatic carbocycles. The van der Waals surface area contributed by atoms with Crippen LogP contribution in [0.2, 0.25) is 0 Å². The lowest BCUT2D eigenvalue weighted by Gasteiger charge is -2.30. The number of nitrogens with zero attached hydrogens (tertiary/aromatic N) is 1. The lowest BCUT2D eigenvalue weighted by Crippen LogP contribution is -2.46. The molecule has 1 aliphatic carbocycles. The molecule has 2 fully saturated rings. The second-order valence-electron chi connectivity index (χ2n) is 6.86. The molecule has 2 rings (SSSR count). The van der Waals surface area contributed by atoms with Crippen molar-refractivity contribution in [1.29, 1.82) is 0 Å². The molecule has 0 radical (unpaired) electrons. The van der Waals surface area contributed by atoms with Crippen LogP contribution in [0.1, 0.15) is 40.0 Å². The fourth-order valence-corrected chi connectivity index (χ4v) is 2.60. The summed E-state index contributed by atoms with van der Waals surface area (Å²) in [6.07, 6.45) is 3.20. The number of alkyl carbamates (subject to hydrolysis) is 1. The lowest BCUT2D eigenvalue weighted by molar-refractivity contribution is 0.0521. The van der Waals surface area contributed by atoms with E-state index < -0.39 is 5.60 Å². The molecule has 5 heteroatoms. The molecule has 0 aromatic rings. The van der Waals surface area contributed by atoms with Gasteiger partial charge in [0.1, 0.15) is 5.60 Å². The maximum atomic E-state index is 11.6. The van der Waals surface area contributed by atoms with Gasteiger partial charge in [-0.25, -0.2) is 4.79 Å². The van der Waals surface area contributed by atoms with E-state index in [0.717, 1.165) is 13.0 Å². The van der Waals surface area contributed by atoms with Crippen LogP contribution in [0, 0.1) is 0 Å². The van der Waals surface area contributed by atoms with Gasteiger partial charge in [-0.15, -0.1) is 0 Å². The highest BCUT2D eigenvalue weighted by molar-refractivity contribution is 5.68. The van der Waals surface area contributed by atoms with Crippen molar-refractivity contribution in [3.63, 3.8) is 0 Å². The largest absolute Gasteiger partial charge is 0.444 e. The number of hydrogen-bond donors (Lipinski definition) is 2. The van der Waals surface area contributed by atoms with E-state index >= 15 is 0 Å². The topological polar surface area (TPSA) is 53.6 Å². The average molecular weight is 269 g/mol. The maximum absolute atomic E-state index is 11.6. The summed E-state index contributed by atoms with van der Waals surface area (Å²) in [5.41, 5.74) is -0.423. The van der Waals surface area contributed by atoms with Gasteiger partial charge in [0.2, 0.25) is 0 Å². The Morgan fingerprint density at radius 1 is 1.32 bits per heavy atom. The van der Waals surface area contributed by atoms with Crippen LogP contribution in [-0.2, 0) is 4.74 Å². The molecule has 110 valence electrons. The number of likely N-dealkylation sites (N-methyl/N-ethyl adjacent to an activating group) is 1.